The van der Waals surface area contributed by atoms with Gasteiger partial charge in [0.05, 0.1) is 6.33 Å². The Morgan fingerprint density at radius 3 is 3.12 bits per heavy atom. The second-order valence-electron chi connectivity index (χ2n) is 3.89. The molecule has 6 nitrogen and oxygen atoms in total. The van der Waals surface area contributed by atoms with Crippen LogP contribution in [0.15, 0.2) is 12.5 Å². The van der Waals surface area contributed by atoms with E-state index in [1.807, 2.05) is 0 Å². The number of piperidine rings is 1. The Hall–Kier alpha value is -1.85. The lowest BCUT2D eigenvalue weighted by atomic mass is 9.93. The molecule has 0 radical (unpaired) electrons. The van der Waals surface area contributed by atoms with Crippen LogP contribution in [-0.2, 0) is 11.2 Å². The van der Waals surface area contributed by atoms with E-state index in [0.29, 0.717) is 13.0 Å². The quantitative estimate of drug-likeness (QED) is 0.778. The Kier molecular flexibility index (Phi) is 2.89. The summed E-state index contributed by atoms with van der Waals surface area (Å²) < 4.78 is 0. The summed E-state index contributed by atoms with van der Waals surface area (Å²) in [5, 5.41) is 8.84. The van der Waals surface area contributed by atoms with Crippen molar-refractivity contribution in [3.8, 4) is 0 Å². The maximum absolute atomic E-state index is 11.8. The largest absolute Gasteiger partial charge is 0.465 e. The second-order valence-corrected chi connectivity index (χ2v) is 3.89. The molecule has 0 bridgehead atoms. The monoisotopic (exact) mass is 223 g/mol. The first-order chi connectivity index (χ1) is 7.68. The number of carbonyl (C=O) groups is 2. The van der Waals surface area contributed by atoms with Crippen molar-refractivity contribution in [1.82, 2.24) is 14.9 Å². The first-order valence-corrected chi connectivity index (χ1v) is 5.20. The molecule has 2 amide bonds. The van der Waals surface area contributed by atoms with E-state index >= 15 is 0 Å². The molecule has 16 heavy (non-hydrogen) atoms. The van der Waals surface area contributed by atoms with Crippen LogP contribution < -0.4 is 0 Å². The number of carboxylic acid groups (broad SMARTS) is 1. The van der Waals surface area contributed by atoms with Crippen molar-refractivity contribution in [2.24, 2.45) is 5.92 Å². The summed E-state index contributed by atoms with van der Waals surface area (Å²) in [5.41, 5.74) is 0.866. The zero-order chi connectivity index (χ0) is 11.5. The minimum atomic E-state index is -1.15. The summed E-state index contributed by atoms with van der Waals surface area (Å²) in [4.78, 5) is 30.3. The van der Waals surface area contributed by atoms with Gasteiger partial charge in [-0.2, -0.15) is 0 Å². The second kappa shape index (κ2) is 4.34. The fourth-order valence-corrected chi connectivity index (χ4v) is 1.99. The molecule has 1 aliphatic rings. The predicted octanol–water partition coefficient (Wildman–Crippen LogP) is 0.869. The van der Waals surface area contributed by atoms with Crippen LogP contribution in [0.2, 0.25) is 0 Å². The van der Waals surface area contributed by atoms with Gasteiger partial charge in [0.25, 0.3) is 0 Å². The van der Waals surface area contributed by atoms with Crippen LogP contribution in [0.25, 0.3) is 0 Å². The highest BCUT2D eigenvalue weighted by Crippen LogP contribution is 2.21. The van der Waals surface area contributed by atoms with Gasteiger partial charge in [-0.25, -0.2) is 14.7 Å². The molecule has 1 aromatic rings. The highest BCUT2D eigenvalue weighted by atomic mass is 16.4. The molecule has 1 atom stereocenters. The third-order valence-electron chi connectivity index (χ3n) is 2.80. The Bertz CT molecular complexity index is 388. The van der Waals surface area contributed by atoms with Crippen molar-refractivity contribution in [2.75, 3.05) is 6.54 Å². The SMILES string of the molecule is O=C(O)N1CCCC(Cc2cnc[nH]2)C1=O. The zero-order valence-electron chi connectivity index (χ0n) is 8.72. The van der Waals surface area contributed by atoms with E-state index < -0.39 is 6.09 Å². The Labute approximate surface area is 92.3 Å². The number of carbonyl (C=O) groups excluding carboxylic acids is 1. The van der Waals surface area contributed by atoms with E-state index in [9.17, 15) is 9.59 Å². The number of nitrogens with one attached hydrogen (secondary N) is 1. The minimum Gasteiger partial charge on any atom is -0.465 e. The number of nitrogens with zero attached hydrogens (tertiary/aromatic N) is 2. The summed E-state index contributed by atoms with van der Waals surface area (Å²) in [5.74, 6) is -0.543. The smallest absolute Gasteiger partial charge is 0.414 e. The highest BCUT2D eigenvalue weighted by molar-refractivity contribution is 5.93. The molecule has 1 aliphatic heterocycles. The number of aromatic amines is 1. The summed E-state index contributed by atoms with van der Waals surface area (Å²) in [6.45, 7) is 0.313. The van der Waals surface area contributed by atoms with Crippen LogP contribution in [0.1, 0.15) is 18.5 Å². The van der Waals surface area contributed by atoms with E-state index in [2.05, 4.69) is 9.97 Å². The number of rotatable bonds is 2. The number of imide groups is 1. The van der Waals surface area contributed by atoms with Gasteiger partial charge in [0.1, 0.15) is 0 Å². The molecule has 1 fully saturated rings. The van der Waals surface area contributed by atoms with Crippen molar-refractivity contribution < 1.29 is 14.7 Å². The summed E-state index contributed by atoms with van der Waals surface area (Å²) in [6.07, 6.45) is 4.06. The first-order valence-electron chi connectivity index (χ1n) is 5.20. The van der Waals surface area contributed by atoms with Gasteiger partial charge >= 0.3 is 6.09 Å². The molecule has 0 aromatic carbocycles. The standard InChI is InChI=1S/C10H13N3O3/c14-9-7(4-8-5-11-6-12-8)2-1-3-13(9)10(15)16/h5-7H,1-4H2,(H,11,12)(H,15,16). The van der Waals surface area contributed by atoms with Crippen molar-refractivity contribution in [3.05, 3.63) is 18.2 Å². The predicted molar refractivity (Wildman–Crippen MR) is 54.8 cm³/mol. The van der Waals surface area contributed by atoms with Crippen LogP contribution in [0.4, 0.5) is 4.79 Å². The zero-order valence-corrected chi connectivity index (χ0v) is 8.72. The van der Waals surface area contributed by atoms with E-state index in [1.165, 1.54) is 0 Å². The third kappa shape index (κ3) is 2.05. The molecule has 0 aliphatic carbocycles. The fraction of sp³-hybridized carbons (Fsp3) is 0.500. The lowest BCUT2D eigenvalue weighted by Gasteiger charge is -2.28. The Balaban J connectivity index is 2.05. The summed E-state index contributed by atoms with van der Waals surface area (Å²) in [6, 6.07) is 0. The van der Waals surface area contributed by atoms with Gasteiger partial charge in [-0.1, -0.05) is 0 Å². The molecule has 1 saturated heterocycles. The summed E-state index contributed by atoms with van der Waals surface area (Å²) >= 11 is 0. The van der Waals surface area contributed by atoms with Crippen molar-refractivity contribution >= 4 is 12.0 Å². The number of likely N-dealkylation sites (tertiary alicyclic amines) is 1. The first kappa shape index (κ1) is 10.7. The molecule has 2 N–H and O–H groups in total. The van der Waals surface area contributed by atoms with Crippen LogP contribution in [0, 0.1) is 5.92 Å². The number of imidazole rings is 1. The fourth-order valence-electron chi connectivity index (χ4n) is 1.99. The molecule has 2 heterocycles. The molecule has 6 heteroatoms. The van der Waals surface area contributed by atoms with E-state index in [1.54, 1.807) is 12.5 Å². The lowest BCUT2D eigenvalue weighted by Crippen LogP contribution is -2.44. The molecule has 1 aromatic heterocycles. The van der Waals surface area contributed by atoms with Crippen LogP contribution >= 0.6 is 0 Å². The van der Waals surface area contributed by atoms with Crippen molar-refractivity contribution in [1.29, 1.82) is 0 Å². The topological polar surface area (TPSA) is 86.3 Å². The molecular formula is C10H13N3O3. The average molecular weight is 223 g/mol. The Morgan fingerprint density at radius 1 is 1.69 bits per heavy atom. The number of aromatic nitrogens is 2. The molecular weight excluding hydrogens is 210 g/mol. The normalized spacial score (nSPS) is 21.1. The highest BCUT2D eigenvalue weighted by Gasteiger charge is 2.32. The third-order valence-corrected chi connectivity index (χ3v) is 2.80. The summed E-state index contributed by atoms with van der Waals surface area (Å²) in [7, 11) is 0. The maximum atomic E-state index is 11.8. The van der Waals surface area contributed by atoms with Gasteiger partial charge in [0, 0.05) is 30.8 Å². The van der Waals surface area contributed by atoms with Gasteiger partial charge in [0.15, 0.2) is 0 Å². The Morgan fingerprint density at radius 2 is 2.50 bits per heavy atom. The van der Waals surface area contributed by atoms with Crippen LogP contribution in [0.3, 0.4) is 0 Å². The average Bonchev–Trinajstić information content (AvgIpc) is 2.73. The molecule has 1 unspecified atom stereocenters. The number of amides is 2. The van der Waals surface area contributed by atoms with Gasteiger partial charge in [-0.15, -0.1) is 0 Å². The minimum absolute atomic E-state index is 0.245. The maximum Gasteiger partial charge on any atom is 0.414 e. The number of H-pyrrole nitrogens is 1. The van der Waals surface area contributed by atoms with E-state index in [0.717, 1.165) is 23.4 Å². The van der Waals surface area contributed by atoms with Gasteiger partial charge in [0.2, 0.25) is 5.91 Å². The number of hydrogen-bond acceptors (Lipinski definition) is 3. The van der Waals surface area contributed by atoms with Crippen molar-refractivity contribution in [2.45, 2.75) is 19.3 Å². The van der Waals surface area contributed by atoms with E-state index in [4.69, 9.17) is 5.11 Å². The van der Waals surface area contributed by atoms with Crippen LogP contribution in [0.5, 0.6) is 0 Å². The molecule has 2 rings (SSSR count). The van der Waals surface area contributed by atoms with Crippen molar-refractivity contribution in [3.63, 3.8) is 0 Å². The molecule has 0 spiro atoms. The van der Waals surface area contributed by atoms with Gasteiger partial charge in [-0.3, -0.25) is 4.79 Å². The van der Waals surface area contributed by atoms with Crippen LogP contribution in [-0.4, -0.2) is 38.5 Å². The lowest BCUT2D eigenvalue weighted by molar-refractivity contribution is -0.135. The van der Waals surface area contributed by atoms with E-state index in [-0.39, 0.29) is 11.8 Å². The molecule has 0 saturated carbocycles. The van der Waals surface area contributed by atoms with Gasteiger partial charge < -0.3 is 10.1 Å². The molecule has 86 valence electrons. The number of hydrogen-bond donors (Lipinski definition) is 2. The van der Waals surface area contributed by atoms with Gasteiger partial charge in [-0.05, 0) is 12.8 Å².